The average molecular weight is 412 g/mol. The number of rotatable bonds is 7. The predicted molar refractivity (Wildman–Crippen MR) is 127 cm³/mol. The molecule has 1 N–H and O–H groups in total. The van der Waals surface area contributed by atoms with Gasteiger partial charge in [0.15, 0.2) is 6.20 Å². The van der Waals surface area contributed by atoms with E-state index in [-0.39, 0.29) is 6.42 Å². The van der Waals surface area contributed by atoms with Crippen molar-refractivity contribution in [2.24, 2.45) is 0 Å². The molecule has 0 unspecified atom stereocenters. The van der Waals surface area contributed by atoms with E-state index in [1.165, 1.54) is 16.6 Å². The van der Waals surface area contributed by atoms with E-state index in [2.05, 4.69) is 102 Å². The van der Waals surface area contributed by atoms with Crippen molar-refractivity contribution < 1.29 is 14.5 Å². The number of aliphatic carboxylic acids is 1. The normalized spacial score (nSPS) is 14.5. The van der Waals surface area contributed by atoms with Gasteiger partial charge in [-0.25, -0.2) is 0 Å². The fraction of sp³-hybridized carbons (Fsp3) is 0.185. The molecule has 2 heterocycles. The summed E-state index contributed by atoms with van der Waals surface area (Å²) >= 11 is 0. The number of benzene rings is 2. The van der Waals surface area contributed by atoms with Crippen LogP contribution in [0, 0.1) is 0 Å². The number of para-hydroxylation sites is 2. The Morgan fingerprint density at radius 2 is 1.84 bits per heavy atom. The Morgan fingerprint density at radius 1 is 1.03 bits per heavy atom. The van der Waals surface area contributed by atoms with E-state index in [0.29, 0.717) is 6.42 Å². The number of unbranched alkanes of at least 4 members (excludes halogenated alkanes) is 1. The van der Waals surface area contributed by atoms with Gasteiger partial charge in [-0.1, -0.05) is 48.6 Å². The number of hydrogen-bond acceptors (Lipinski definition) is 2. The molecule has 0 amide bonds. The van der Waals surface area contributed by atoms with Gasteiger partial charge in [0, 0.05) is 43.4 Å². The molecular formula is C27H27N2O2+. The Labute approximate surface area is 183 Å². The topological polar surface area (TPSA) is 44.4 Å². The Kier molecular flexibility index (Phi) is 6.27. The van der Waals surface area contributed by atoms with Crippen LogP contribution < -0.4 is 9.47 Å². The van der Waals surface area contributed by atoms with Crippen LogP contribution in [0.5, 0.6) is 0 Å². The standard InChI is InChI=1S/C27H26N2O2/c1-28-23(17-16-22-9-2-4-13-25(22)28)11-8-10-21-18-20-29(19-7-6-15-27(30)31)26-14-5-3-12-24(21)26/h2-5,8-14,16-18,20H,6-7,15,19H2,1H3/p+1. The molecule has 1 aromatic heterocycles. The lowest BCUT2D eigenvalue weighted by Crippen LogP contribution is -2.34. The van der Waals surface area contributed by atoms with Gasteiger partial charge in [0.25, 0.3) is 0 Å². The zero-order valence-electron chi connectivity index (χ0n) is 17.7. The van der Waals surface area contributed by atoms with Crippen molar-refractivity contribution in [3.05, 3.63) is 95.8 Å². The molecule has 4 heteroatoms. The number of carboxylic acids is 1. The van der Waals surface area contributed by atoms with Crippen molar-refractivity contribution in [1.29, 1.82) is 0 Å². The summed E-state index contributed by atoms with van der Waals surface area (Å²) in [6.45, 7) is 0.816. The van der Waals surface area contributed by atoms with Crippen LogP contribution in [0.3, 0.4) is 0 Å². The van der Waals surface area contributed by atoms with Gasteiger partial charge in [-0.2, -0.15) is 4.57 Å². The highest BCUT2D eigenvalue weighted by Gasteiger charge is 2.13. The minimum absolute atomic E-state index is 0.224. The second kappa shape index (κ2) is 9.43. The molecule has 0 spiro atoms. The largest absolute Gasteiger partial charge is 0.481 e. The van der Waals surface area contributed by atoms with Crippen LogP contribution in [0.2, 0.25) is 0 Å². The molecule has 0 fully saturated rings. The van der Waals surface area contributed by atoms with Gasteiger partial charge in [-0.15, -0.1) is 0 Å². The second-order valence-electron chi connectivity index (χ2n) is 7.73. The Balaban J connectivity index is 1.54. The molecule has 156 valence electrons. The van der Waals surface area contributed by atoms with Crippen molar-refractivity contribution in [3.63, 3.8) is 0 Å². The molecule has 31 heavy (non-hydrogen) atoms. The fourth-order valence-corrected chi connectivity index (χ4v) is 3.98. The lowest BCUT2D eigenvalue weighted by molar-refractivity contribution is -0.671. The Hall–Kier alpha value is -3.66. The van der Waals surface area contributed by atoms with E-state index < -0.39 is 5.97 Å². The smallest absolute Gasteiger partial charge is 0.303 e. The van der Waals surface area contributed by atoms with E-state index in [4.69, 9.17) is 5.11 Å². The maximum absolute atomic E-state index is 10.7. The number of hydrogen-bond donors (Lipinski definition) is 1. The SMILES string of the molecule is CN1C(=CC=Cc2cc[n+](CCCCC(=O)O)c3ccccc23)C=Cc2ccccc21. The first-order chi connectivity index (χ1) is 15.1. The third-order valence-corrected chi connectivity index (χ3v) is 5.66. The fourth-order valence-electron chi connectivity index (χ4n) is 3.98. The third-order valence-electron chi connectivity index (χ3n) is 5.66. The first-order valence-corrected chi connectivity index (χ1v) is 10.7. The van der Waals surface area contributed by atoms with Crippen molar-refractivity contribution in [3.8, 4) is 0 Å². The molecule has 0 bridgehead atoms. The van der Waals surface area contributed by atoms with Crippen LogP contribution in [0.4, 0.5) is 5.69 Å². The van der Waals surface area contributed by atoms with Gasteiger partial charge in [0.05, 0.1) is 5.39 Å². The molecule has 0 aliphatic carbocycles. The summed E-state index contributed by atoms with van der Waals surface area (Å²) in [5.41, 5.74) is 5.91. The zero-order chi connectivity index (χ0) is 21.6. The molecule has 0 saturated heterocycles. The van der Waals surface area contributed by atoms with Gasteiger partial charge in [-0.05, 0) is 41.8 Å². The number of fused-ring (bicyclic) bond motifs is 2. The number of aromatic nitrogens is 1. The number of anilines is 1. The lowest BCUT2D eigenvalue weighted by atomic mass is 10.1. The van der Waals surface area contributed by atoms with Gasteiger partial charge < -0.3 is 10.0 Å². The van der Waals surface area contributed by atoms with E-state index in [1.54, 1.807) is 0 Å². The van der Waals surface area contributed by atoms with Crippen LogP contribution >= 0.6 is 0 Å². The van der Waals surface area contributed by atoms with Gasteiger partial charge in [0.2, 0.25) is 5.52 Å². The molecule has 1 aliphatic heterocycles. The van der Waals surface area contributed by atoms with E-state index in [9.17, 15) is 4.79 Å². The highest BCUT2D eigenvalue weighted by Crippen LogP contribution is 2.29. The molecule has 0 saturated carbocycles. The summed E-state index contributed by atoms with van der Waals surface area (Å²) in [5, 5.41) is 10.0. The van der Waals surface area contributed by atoms with Crippen molar-refractivity contribution in [1.82, 2.24) is 0 Å². The van der Waals surface area contributed by atoms with Crippen molar-refractivity contribution in [2.75, 3.05) is 11.9 Å². The number of carboxylic acid groups (broad SMARTS) is 1. The van der Waals surface area contributed by atoms with Crippen LogP contribution in [-0.4, -0.2) is 18.1 Å². The maximum Gasteiger partial charge on any atom is 0.303 e. The lowest BCUT2D eigenvalue weighted by Gasteiger charge is -2.26. The monoisotopic (exact) mass is 411 g/mol. The maximum atomic E-state index is 10.7. The first kappa shape index (κ1) is 20.6. The van der Waals surface area contributed by atoms with Gasteiger partial charge >= 0.3 is 5.97 Å². The molecule has 1 aliphatic rings. The first-order valence-electron chi connectivity index (χ1n) is 10.7. The second-order valence-corrected chi connectivity index (χ2v) is 7.73. The predicted octanol–water partition coefficient (Wildman–Crippen LogP) is 5.44. The van der Waals surface area contributed by atoms with Gasteiger partial charge in [-0.3, -0.25) is 4.79 Å². The minimum atomic E-state index is -0.730. The number of likely N-dealkylation sites (N-methyl/N-ethyl adjacent to an activating group) is 1. The number of aryl methyl sites for hydroxylation is 1. The third kappa shape index (κ3) is 4.75. The Bertz CT molecular complexity index is 1190. The quantitative estimate of drug-likeness (QED) is 0.416. The molecular weight excluding hydrogens is 384 g/mol. The van der Waals surface area contributed by atoms with Crippen LogP contribution in [0.15, 0.2) is 84.7 Å². The molecule has 4 nitrogen and oxygen atoms in total. The Morgan fingerprint density at radius 3 is 2.71 bits per heavy atom. The molecule has 4 rings (SSSR count). The zero-order valence-corrected chi connectivity index (χ0v) is 17.7. The van der Waals surface area contributed by atoms with Gasteiger partial charge in [0.1, 0.15) is 6.54 Å². The average Bonchev–Trinajstić information content (AvgIpc) is 2.79. The number of nitrogens with zero attached hydrogens (tertiary/aromatic N) is 2. The molecule has 0 atom stereocenters. The summed E-state index contributed by atoms with van der Waals surface area (Å²) in [7, 11) is 2.09. The molecule has 3 aromatic rings. The van der Waals surface area contributed by atoms with Crippen molar-refractivity contribution in [2.45, 2.75) is 25.8 Å². The highest BCUT2D eigenvalue weighted by atomic mass is 16.4. The van der Waals surface area contributed by atoms with Crippen molar-refractivity contribution >= 4 is 34.7 Å². The van der Waals surface area contributed by atoms with Crippen LogP contribution in [-0.2, 0) is 11.3 Å². The summed E-state index contributed by atoms with van der Waals surface area (Å²) in [6, 6.07) is 18.9. The number of pyridine rings is 1. The summed E-state index contributed by atoms with van der Waals surface area (Å²) in [4.78, 5) is 12.9. The highest BCUT2D eigenvalue weighted by molar-refractivity contribution is 5.85. The minimum Gasteiger partial charge on any atom is -0.481 e. The summed E-state index contributed by atoms with van der Waals surface area (Å²) in [5.74, 6) is -0.730. The van der Waals surface area contributed by atoms with Crippen LogP contribution in [0.1, 0.15) is 30.4 Å². The van der Waals surface area contributed by atoms with E-state index >= 15 is 0 Å². The summed E-state index contributed by atoms with van der Waals surface area (Å²) < 4.78 is 2.21. The molecule has 0 radical (unpaired) electrons. The van der Waals surface area contributed by atoms with E-state index in [0.717, 1.165) is 29.7 Å². The number of allylic oxidation sites excluding steroid dienone is 3. The van der Waals surface area contributed by atoms with E-state index in [1.807, 2.05) is 6.07 Å². The summed E-state index contributed by atoms with van der Waals surface area (Å²) in [6.07, 6.45) is 14.5. The molecule has 2 aromatic carbocycles. The number of carbonyl (C=O) groups is 1. The van der Waals surface area contributed by atoms with Crippen LogP contribution in [0.25, 0.3) is 23.1 Å².